The number of rotatable bonds is 1. The van der Waals surface area contributed by atoms with Gasteiger partial charge in [-0.1, -0.05) is 0 Å². The zero-order chi connectivity index (χ0) is 8.65. The van der Waals surface area contributed by atoms with Crippen LogP contribution in [-0.4, -0.2) is 18.1 Å². The van der Waals surface area contributed by atoms with Crippen LogP contribution in [0.2, 0.25) is 0 Å². The van der Waals surface area contributed by atoms with Crippen molar-refractivity contribution < 1.29 is 14.3 Å². The molecule has 1 atom stereocenters. The van der Waals surface area contributed by atoms with Gasteiger partial charge in [-0.15, -0.1) is 0 Å². The second-order valence-electron chi connectivity index (χ2n) is 3.18. The number of β-lactam (4-membered cyclic amide) rings is 1. The van der Waals surface area contributed by atoms with Crippen LogP contribution in [0.4, 0.5) is 0 Å². The highest BCUT2D eigenvalue weighted by Gasteiger charge is 2.49. The van der Waals surface area contributed by atoms with Gasteiger partial charge in [0.2, 0.25) is 5.91 Å². The van der Waals surface area contributed by atoms with Gasteiger partial charge in [0, 0.05) is 6.92 Å². The van der Waals surface area contributed by atoms with Crippen molar-refractivity contribution in [3.8, 4) is 0 Å². The average molecular weight is 157 g/mol. The van der Waals surface area contributed by atoms with E-state index in [1.54, 1.807) is 13.8 Å². The van der Waals surface area contributed by atoms with Crippen LogP contribution in [0, 0.1) is 5.41 Å². The fraction of sp³-hybridized carbons (Fsp3) is 0.714. The van der Waals surface area contributed by atoms with Crippen LogP contribution >= 0.6 is 0 Å². The highest BCUT2D eigenvalue weighted by molar-refractivity contribution is 5.89. The summed E-state index contributed by atoms with van der Waals surface area (Å²) in [6, 6.07) is 0. The van der Waals surface area contributed by atoms with E-state index in [1.165, 1.54) is 6.92 Å². The van der Waals surface area contributed by atoms with Crippen molar-refractivity contribution in [2.45, 2.75) is 27.0 Å². The van der Waals surface area contributed by atoms with Crippen molar-refractivity contribution in [2.75, 3.05) is 0 Å². The summed E-state index contributed by atoms with van der Waals surface area (Å²) < 4.78 is 4.80. The van der Waals surface area contributed by atoms with Crippen LogP contribution in [0.1, 0.15) is 20.8 Å². The number of nitrogens with one attached hydrogen (secondary N) is 1. The van der Waals surface area contributed by atoms with Gasteiger partial charge < -0.3 is 10.1 Å². The lowest BCUT2D eigenvalue weighted by molar-refractivity contribution is -0.177. The van der Waals surface area contributed by atoms with Crippen LogP contribution in [0.25, 0.3) is 0 Å². The Kier molecular flexibility index (Phi) is 1.62. The molecule has 4 nitrogen and oxygen atoms in total. The molecule has 1 saturated heterocycles. The molecule has 1 heterocycles. The molecule has 0 saturated carbocycles. The lowest BCUT2D eigenvalue weighted by atomic mass is 9.83. The topological polar surface area (TPSA) is 55.4 Å². The molecular formula is C7H11NO3. The highest BCUT2D eigenvalue weighted by atomic mass is 16.6. The second kappa shape index (κ2) is 2.22. The summed E-state index contributed by atoms with van der Waals surface area (Å²) in [6.45, 7) is 4.79. The molecule has 0 aromatic heterocycles. The normalized spacial score (nSPS) is 26.8. The lowest BCUT2D eigenvalue weighted by Crippen LogP contribution is -2.65. The SMILES string of the molecule is CC(=O)OC1NC(=O)C1(C)C. The molecule has 0 aromatic rings. The molecule has 1 N–H and O–H groups in total. The van der Waals surface area contributed by atoms with Crippen molar-refractivity contribution in [1.29, 1.82) is 0 Å². The van der Waals surface area contributed by atoms with Crippen LogP contribution in [0.5, 0.6) is 0 Å². The van der Waals surface area contributed by atoms with E-state index in [4.69, 9.17) is 4.74 Å². The first-order chi connectivity index (χ1) is 4.94. The van der Waals surface area contributed by atoms with Crippen LogP contribution in [0.15, 0.2) is 0 Å². The molecule has 0 aliphatic carbocycles. The second-order valence-corrected chi connectivity index (χ2v) is 3.18. The molecule has 0 aromatic carbocycles. The molecule has 0 bridgehead atoms. The van der Waals surface area contributed by atoms with Crippen molar-refractivity contribution >= 4 is 11.9 Å². The number of hydrogen-bond donors (Lipinski definition) is 1. The fourth-order valence-corrected chi connectivity index (χ4v) is 0.870. The fourth-order valence-electron chi connectivity index (χ4n) is 0.870. The van der Waals surface area contributed by atoms with Crippen LogP contribution in [-0.2, 0) is 14.3 Å². The monoisotopic (exact) mass is 157 g/mol. The Bertz CT molecular complexity index is 210. The lowest BCUT2D eigenvalue weighted by Gasteiger charge is -2.41. The number of hydrogen-bond acceptors (Lipinski definition) is 3. The summed E-state index contributed by atoms with van der Waals surface area (Å²) in [7, 11) is 0. The van der Waals surface area contributed by atoms with Crippen molar-refractivity contribution in [3.05, 3.63) is 0 Å². The predicted octanol–water partition coefficient (Wildman–Crippen LogP) is 0.0316. The smallest absolute Gasteiger partial charge is 0.304 e. The summed E-state index contributed by atoms with van der Waals surface area (Å²) in [5.41, 5.74) is -0.564. The van der Waals surface area contributed by atoms with E-state index in [0.717, 1.165) is 0 Å². The Hall–Kier alpha value is -1.06. The van der Waals surface area contributed by atoms with Gasteiger partial charge in [-0.2, -0.15) is 0 Å². The molecule has 4 heteroatoms. The number of amides is 1. The van der Waals surface area contributed by atoms with Gasteiger partial charge in [-0.05, 0) is 13.8 Å². The van der Waals surface area contributed by atoms with Crippen molar-refractivity contribution in [2.24, 2.45) is 5.41 Å². The summed E-state index contributed by atoms with van der Waals surface area (Å²) in [5, 5.41) is 2.48. The van der Waals surface area contributed by atoms with Crippen LogP contribution < -0.4 is 5.32 Å². The quantitative estimate of drug-likeness (QED) is 0.431. The Morgan fingerprint density at radius 1 is 1.64 bits per heavy atom. The summed E-state index contributed by atoms with van der Waals surface area (Å²) in [6.07, 6.45) is -0.451. The summed E-state index contributed by atoms with van der Waals surface area (Å²) >= 11 is 0. The molecule has 1 aliphatic rings. The maximum absolute atomic E-state index is 10.8. The molecule has 0 radical (unpaired) electrons. The van der Waals surface area contributed by atoms with E-state index in [0.29, 0.717) is 0 Å². The average Bonchev–Trinajstić information content (AvgIpc) is 1.87. The van der Waals surface area contributed by atoms with Gasteiger partial charge in [0.05, 0.1) is 5.41 Å². The number of ether oxygens (including phenoxy) is 1. The molecule has 1 aliphatic heterocycles. The molecule has 1 fully saturated rings. The van der Waals surface area contributed by atoms with Crippen molar-refractivity contribution in [3.63, 3.8) is 0 Å². The minimum Gasteiger partial charge on any atom is -0.441 e. The maximum Gasteiger partial charge on any atom is 0.304 e. The summed E-state index contributed by atoms with van der Waals surface area (Å²) in [5.74, 6) is -0.452. The Morgan fingerprint density at radius 2 is 2.18 bits per heavy atom. The largest absolute Gasteiger partial charge is 0.441 e. The third-order valence-corrected chi connectivity index (χ3v) is 1.79. The van der Waals surface area contributed by atoms with E-state index >= 15 is 0 Å². The molecule has 1 unspecified atom stereocenters. The van der Waals surface area contributed by atoms with Gasteiger partial charge in [0.1, 0.15) is 0 Å². The number of esters is 1. The zero-order valence-corrected chi connectivity index (χ0v) is 6.80. The predicted molar refractivity (Wildman–Crippen MR) is 37.5 cm³/mol. The van der Waals surface area contributed by atoms with Gasteiger partial charge >= 0.3 is 5.97 Å². The molecule has 1 amide bonds. The Balaban J connectivity index is 2.53. The maximum atomic E-state index is 10.8. The molecule has 62 valence electrons. The van der Waals surface area contributed by atoms with E-state index in [2.05, 4.69) is 5.32 Å². The molecule has 11 heavy (non-hydrogen) atoms. The van der Waals surface area contributed by atoms with Gasteiger partial charge in [0.25, 0.3) is 0 Å². The number of carbonyl (C=O) groups is 2. The Morgan fingerprint density at radius 3 is 2.45 bits per heavy atom. The van der Waals surface area contributed by atoms with Gasteiger partial charge in [-0.3, -0.25) is 9.59 Å². The van der Waals surface area contributed by atoms with E-state index in [9.17, 15) is 9.59 Å². The van der Waals surface area contributed by atoms with E-state index in [1.807, 2.05) is 0 Å². The van der Waals surface area contributed by atoms with Gasteiger partial charge in [-0.25, -0.2) is 0 Å². The molecule has 0 spiro atoms. The third kappa shape index (κ3) is 1.20. The van der Waals surface area contributed by atoms with E-state index in [-0.39, 0.29) is 11.9 Å². The first-order valence-electron chi connectivity index (χ1n) is 3.43. The third-order valence-electron chi connectivity index (χ3n) is 1.79. The van der Waals surface area contributed by atoms with E-state index < -0.39 is 11.6 Å². The Labute approximate surface area is 64.9 Å². The number of carbonyl (C=O) groups excluding carboxylic acids is 2. The highest BCUT2D eigenvalue weighted by Crippen LogP contribution is 2.30. The molecule has 1 rings (SSSR count). The van der Waals surface area contributed by atoms with Gasteiger partial charge in [0.15, 0.2) is 6.23 Å². The minimum atomic E-state index is -0.564. The van der Waals surface area contributed by atoms with Crippen molar-refractivity contribution in [1.82, 2.24) is 5.32 Å². The zero-order valence-electron chi connectivity index (χ0n) is 6.80. The summed E-state index contributed by atoms with van der Waals surface area (Å²) in [4.78, 5) is 21.3. The first kappa shape index (κ1) is 8.04. The van der Waals surface area contributed by atoms with Crippen LogP contribution in [0.3, 0.4) is 0 Å². The minimum absolute atomic E-state index is 0.0799. The standard InChI is InChI=1S/C7H11NO3/c1-4(9)11-6-7(2,3)5(10)8-6/h6H,1-3H3,(H,8,10). The first-order valence-corrected chi connectivity index (χ1v) is 3.43. The molecular weight excluding hydrogens is 146 g/mol.